The van der Waals surface area contributed by atoms with Gasteiger partial charge in [0.25, 0.3) is 0 Å². The quantitative estimate of drug-likeness (QED) is 0.744. The molecule has 2 rings (SSSR count). The Morgan fingerprint density at radius 3 is 2.56 bits per heavy atom. The van der Waals surface area contributed by atoms with Crippen LogP contribution in [0.4, 0.5) is 12.9 Å². The molecule has 0 bridgehead atoms. The number of halogens is 3. The Bertz CT molecular complexity index is 416. The SMILES string of the molecule is C=C(CN1CCC(c2ccccc2)C1)[B-](F)(F)F. The Labute approximate surface area is 105 Å². The molecule has 0 spiro atoms. The zero-order chi connectivity index (χ0) is 13.2. The van der Waals surface area contributed by atoms with E-state index in [9.17, 15) is 12.9 Å². The van der Waals surface area contributed by atoms with Crippen LogP contribution in [0.5, 0.6) is 0 Å². The third-order valence-electron chi connectivity index (χ3n) is 3.43. The van der Waals surface area contributed by atoms with E-state index in [2.05, 4.69) is 6.58 Å². The maximum atomic E-state index is 12.5. The van der Waals surface area contributed by atoms with E-state index in [-0.39, 0.29) is 6.54 Å². The first kappa shape index (κ1) is 13.2. The molecule has 0 radical (unpaired) electrons. The topological polar surface area (TPSA) is 3.24 Å². The van der Waals surface area contributed by atoms with Crippen LogP contribution in [-0.4, -0.2) is 31.5 Å². The predicted molar refractivity (Wildman–Crippen MR) is 68.5 cm³/mol. The van der Waals surface area contributed by atoms with Crippen LogP contribution in [0, 0.1) is 0 Å². The molecule has 0 saturated carbocycles. The number of likely N-dealkylation sites (tertiary alicyclic amines) is 1. The fourth-order valence-electron chi connectivity index (χ4n) is 2.36. The monoisotopic (exact) mass is 254 g/mol. The summed E-state index contributed by atoms with van der Waals surface area (Å²) in [7, 11) is 0. The van der Waals surface area contributed by atoms with E-state index >= 15 is 0 Å². The van der Waals surface area contributed by atoms with Gasteiger partial charge >= 0.3 is 6.98 Å². The van der Waals surface area contributed by atoms with Gasteiger partial charge in [0, 0.05) is 6.54 Å². The maximum absolute atomic E-state index is 12.5. The summed E-state index contributed by atoms with van der Waals surface area (Å²) in [4.78, 5) is 1.84. The van der Waals surface area contributed by atoms with Gasteiger partial charge in [-0.15, -0.1) is 12.1 Å². The molecule has 0 aliphatic carbocycles. The van der Waals surface area contributed by atoms with Crippen LogP contribution >= 0.6 is 0 Å². The van der Waals surface area contributed by atoms with Gasteiger partial charge in [-0.05, 0) is 31.0 Å². The molecule has 1 aliphatic rings. The Morgan fingerprint density at radius 2 is 1.94 bits per heavy atom. The van der Waals surface area contributed by atoms with Gasteiger partial charge in [-0.1, -0.05) is 30.3 Å². The molecule has 1 aliphatic heterocycles. The van der Waals surface area contributed by atoms with Crippen LogP contribution in [0.3, 0.4) is 0 Å². The lowest BCUT2D eigenvalue weighted by Crippen LogP contribution is -2.31. The van der Waals surface area contributed by atoms with E-state index in [1.54, 1.807) is 0 Å². The average molecular weight is 254 g/mol. The van der Waals surface area contributed by atoms with Crippen molar-refractivity contribution in [1.29, 1.82) is 0 Å². The first-order valence-electron chi connectivity index (χ1n) is 6.11. The third kappa shape index (κ3) is 3.16. The van der Waals surface area contributed by atoms with Gasteiger partial charge in [0.1, 0.15) is 0 Å². The van der Waals surface area contributed by atoms with Crippen molar-refractivity contribution >= 4 is 6.98 Å². The van der Waals surface area contributed by atoms with Crippen molar-refractivity contribution in [3.63, 3.8) is 0 Å². The molecule has 0 aromatic heterocycles. The van der Waals surface area contributed by atoms with Crippen molar-refractivity contribution < 1.29 is 12.9 Å². The van der Waals surface area contributed by atoms with Crippen molar-refractivity contribution in [2.75, 3.05) is 19.6 Å². The molecular formula is C13H16BF3N-. The summed E-state index contributed by atoms with van der Waals surface area (Å²) in [6.45, 7) is -0.397. The highest BCUT2D eigenvalue weighted by atomic mass is 19.4. The second-order valence-electron chi connectivity index (χ2n) is 4.86. The average Bonchev–Trinajstić information content (AvgIpc) is 2.77. The lowest BCUT2D eigenvalue weighted by molar-refractivity contribution is 0.358. The molecule has 5 heteroatoms. The molecule has 1 aromatic carbocycles. The molecule has 0 amide bonds. The molecule has 1 atom stereocenters. The third-order valence-corrected chi connectivity index (χ3v) is 3.43. The highest BCUT2D eigenvalue weighted by Gasteiger charge is 2.30. The maximum Gasteiger partial charge on any atom is 0.506 e. The van der Waals surface area contributed by atoms with Gasteiger partial charge < -0.3 is 17.8 Å². The van der Waals surface area contributed by atoms with Crippen molar-refractivity contribution in [2.45, 2.75) is 12.3 Å². The first-order valence-corrected chi connectivity index (χ1v) is 6.11. The summed E-state index contributed by atoms with van der Waals surface area (Å²) in [6, 6.07) is 9.96. The molecule has 1 heterocycles. The number of rotatable bonds is 4. The summed E-state index contributed by atoms with van der Waals surface area (Å²) in [6.07, 6.45) is 0.919. The van der Waals surface area contributed by atoms with Gasteiger partial charge in [-0.3, -0.25) is 0 Å². The van der Waals surface area contributed by atoms with Crippen LogP contribution in [0.15, 0.2) is 42.4 Å². The number of hydrogen-bond acceptors (Lipinski definition) is 1. The Kier molecular flexibility index (Phi) is 3.80. The Balaban J connectivity index is 1.92. The van der Waals surface area contributed by atoms with Crippen molar-refractivity contribution in [1.82, 2.24) is 4.90 Å². The standard InChI is InChI=1S/C13H16BF3N/c1-11(14(15,16)17)9-18-8-7-13(10-18)12-5-3-2-4-6-12/h2-6,13H,1,7-10H2/q-1. The van der Waals surface area contributed by atoms with Gasteiger partial charge in [0.15, 0.2) is 0 Å². The summed E-state index contributed by atoms with van der Waals surface area (Å²) in [5.74, 6) is 0.347. The van der Waals surface area contributed by atoms with Crippen LogP contribution in [0.25, 0.3) is 0 Å². The summed E-state index contributed by atoms with van der Waals surface area (Å²) in [5.41, 5.74) is 0.617. The van der Waals surface area contributed by atoms with Crippen LogP contribution in [0.1, 0.15) is 17.9 Å². The lowest BCUT2D eigenvalue weighted by atomic mass is 9.80. The number of benzene rings is 1. The second-order valence-corrected chi connectivity index (χ2v) is 4.86. The van der Waals surface area contributed by atoms with E-state index in [4.69, 9.17) is 0 Å². The summed E-state index contributed by atoms with van der Waals surface area (Å²) < 4.78 is 37.4. The number of nitrogens with zero attached hydrogens (tertiary/aromatic N) is 1. The minimum absolute atomic E-state index is 0.0488. The molecule has 1 saturated heterocycles. The predicted octanol–water partition coefficient (Wildman–Crippen LogP) is 3.42. The van der Waals surface area contributed by atoms with E-state index in [0.717, 1.165) is 6.42 Å². The molecule has 18 heavy (non-hydrogen) atoms. The fraction of sp³-hybridized carbons (Fsp3) is 0.385. The molecular weight excluding hydrogens is 238 g/mol. The Morgan fingerprint density at radius 1 is 1.28 bits per heavy atom. The van der Waals surface area contributed by atoms with Crippen LogP contribution in [0.2, 0.25) is 0 Å². The van der Waals surface area contributed by atoms with E-state index < -0.39 is 12.4 Å². The zero-order valence-electron chi connectivity index (χ0n) is 10.2. The van der Waals surface area contributed by atoms with E-state index in [0.29, 0.717) is 19.0 Å². The second kappa shape index (κ2) is 5.18. The summed E-state index contributed by atoms with van der Waals surface area (Å²) in [5, 5.41) is 0. The van der Waals surface area contributed by atoms with Gasteiger partial charge in [-0.2, -0.15) is 0 Å². The van der Waals surface area contributed by atoms with E-state index in [1.165, 1.54) is 5.56 Å². The smallest absolute Gasteiger partial charge is 0.445 e. The number of hydrogen-bond donors (Lipinski definition) is 0. The van der Waals surface area contributed by atoms with Crippen LogP contribution in [-0.2, 0) is 0 Å². The fourth-order valence-corrected chi connectivity index (χ4v) is 2.36. The van der Waals surface area contributed by atoms with Gasteiger partial charge in [0.2, 0.25) is 0 Å². The minimum atomic E-state index is -4.90. The Hall–Kier alpha value is -1.23. The van der Waals surface area contributed by atoms with Gasteiger partial charge in [0.05, 0.1) is 0 Å². The van der Waals surface area contributed by atoms with Crippen molar-refractivity contribution in [3.05, 3.63) is 47.9 Å². The highest BCUT2D eigenvalue weighted by molar-refractivity contribution is 6.66. The van der Waals surface area contributed by atoms with E-state index in [1.807, 2.05) is 35.2 Å². The molecule has 1 aromatic rings. The van der Waals surface area contributed by atoms with Gasteiger partial charge in [-0.25, -0.2) is 0 Å². The summed E-state index contributed by atoms with van der Waals surface area (Å²) >= 11 is 0. The molecule has 1 nitrogen and oxygen atoms in total. The zero-order valence-corrected chi connectivity index (χ0v) is 10.2. The normalized spacial score (nSPS) is 21.2. The molecule has 1 fully saturated rings. The van der Waals surface area contributed by atoms with Crippen LogP contribution < -0.4 is 0 Å². The first-order chi connectivity index (χ1) is 8.47. The lowest BCUT2D eigenvalue weighted by Gasteiger charge is -2.24. The minimum Gasteiger partial charge on any atom is -0.445 e. The highest BCUT2D eigenvalue weighted by Crippen LogP contribution is 2.28. The molecule has 1 unspecified atom stereocenters. The molecule has 98 valence electrons. The van der Waals surface area contributed by atoms with Crippen molar-refractivity contribution in [3.8, 4) is 0 Å². The van der Waals surface area contributed by atoms with Crippen molar-refractivity contribution in [2.24, 2.45) is 0 Å². The molecule has 0 N–H and O–H groups in total. The largest absolute Gasteiger partial charge is 0.506 e.